The van der Waals surface area contributed by atoms with Crippen LogP contribution in [-0.4, -0.2) is 26.8 Å². The van der Waals surface area contributed by atoms with Crippen LogP contribution < -0.4 is 10.6 Å². The molecule has 4 aromatic rings. The highest BCUT2D eigenvalue weighted by atomic mass is 19.1. The summed E-state index contributed by atoms with van der Waals surface area (Å²) < 4.78 is 26.9. The average molecular weight is 475 g/mol. The van der Waals surface area contributed by atoms with Crippen LogP contribution in [0, 0.1) is 17.6 Å². The Morgan fingerprint density at radius 3 is 2.46 bits per heavy atom. The third kappa shape index (κ3) is 5.03. The first-order valence-electron chi connectivity index (χ1n) is 11.5. The Hall–Kier alpha value is -4.14. The molecule has 178 valence electrons. The smallest absolute Gasteiger partial charge is 0.258 e. The van der Waals surface area contributed by atoms with Crippen molar-refractivity contribution in [3.63, 3.8) is 0 Å². The summed E-state index contributed by atoms with van der Waals surface area (Å²) in [5.74, 6) is -1.24. The van der Waals surface area contributed by atoms with Crippen LogP contribution >= 0.6 is 0 Å². The standard InChI is InChI=1S/C26H23F2N5O2/c27-17-8-11-19(20(28)12-17)26(35)30-18-9-6-15(7-10-18)24-31-21-13-23(29-14-22(21)32-24)33-25(34)16-4-2-1-3-5-16/h6-14,16H,1-5H2,(H,30,35)(H,31,32)(H,29,33,34). The summed E-state index contributed by atoms with van der Waals surface area (Å²) >= 11 is 0. The first-order chi connectivity index (χ1) is 17.0. The maximum Gasteiger partial charge on any atom is 0.258 e. The molecule has 2 amide bonds. The summed E-state index contributed by atoms with van der Waals surface area (Å²) in [5.41, 5.74) is 2.36. The van der Waals surface area contributed by atoms with E-state index in [0.717, 1.165) is 48.9 Å². The fraction of sp³-hybridized carbons (Fsp3) is 0.231. The minimum Gasteiger partial charge on any atom is -0.337 e. The third-order valence-electron chi connectivity index (χ3n) is 6.19. The highest BCUT2D eigenvalue weighted by molar-refractivity contribution is 6.04. The van der Waals surface area contributed by atoms with Gasteiger partial charge in [-0.1, -0.05) is 19.3 Å². The number of H-pyrrole nitrogens is 1. The van der Waals surface area contributed by atoms with Gasteiger partial charge in [0.2, 0.25) is 5.91 Å². The molecule has 0 atom stereocenters. The molecule has 9 heteroatoms. The lowest BCUT2D eigenvalue weighted by Crippen LogP contribution is -2.25. The summed E-state index contributed by atoms with van der Waals surface area (Å²) in [6.45, 7) is 0. The van der Waals surface area contributed by atoms with Crippen molar-refractivity contribution in [2.75, 3.05) is 10.6 Å². The predicted molar refractivity (Wildman–Crippen MR) is 129 cm³/mol. The van der Waals surface area contributed by atoms with Crippen molar-refractivity contribution in [2.24, 2.45) is 5.92 Å². The predicted octanol–water partition coefficient (Wildman–Crippen LogP) is 5.67. The van der Waals surface area contributed by atoms with E-state index in [9.17, 15) is 18.4 Å². The Labute approximate surface area is 200 Å². The van der Waals surface area contributed by atoms with Gasteiger partial charge in [-0.15, -0.1) is 0 Å². The molecule has 0 unspecified atom stereocenters. The second kappa shape index (κ2) is 9.61. The van der Waals surface area contributed by atoms with Gasteiger partial charge >= 0.3 is 0 Å². The first kappa shape index (κ1) is 22.6. The van der Waals surface area contributed by atoms with Crippen molar-refractivity contribution in [3.8, 4) is 11.4 Å². The highest BCUT2D eigenvalue weighted by Crippen LogP contribution is 2.26. The van der Waals surface area contributed by atoms with Crippen LogP contribution in [-0.2, 0) is 4.79 Å². The van der Waals surface area contributed by atoms with Crippen molar-refractivity contribution >= 4 is 34.4 Å². The van der Waals surface area contributed by atoms with E-state index < -0.39 is 17.5 Å². The summed E-state index contributed by atoms with van der Waals surface area (Å²) in [6.07, 6.45) is 6.81. The molecule has 1 saturated carbocycles. The number of fused-ring (bicyclic) bond motifs is 1. The highest BCUT2D eigenvalue weighted by Gasteiger charge is 2.21. The molecule has 0 saturated heterocycles. The van der Waals surface area contributed by atoms with Crippen LogP contribution in [0.25, 0.3) is 22.4 Å². The lowest BCUT2D eigenvalue weighted by Gasteiger charge is -2.20. The van der Waals surface area contributed by atoms with E-state index in [1.807, 2.05) is 0 Å². The molecule has 1 fully saturated rings. The number of aromatic amines is 1. The van der Waals surface area contributed by atoms with Crippen LogP contribution in [0.3, 0.4) is 0 Å². The SMILES string of the molecule is O=C(Nc1ccc(-c2nc3cc(NC(=O)C4CCCCC4)ncc3[nH]2)cc1)c1ccc(F)cc1F. The Bertz CT molecular complexity index is 1390. The zero-order valence-electron chi connectivity index (χ0n) is 18.8. The molecule has 0 aliphatic heterocycles. The van der Waals surface area contributed by atoms with E-state index in [2.05, 4.69) is 25.6 Å². The second-order valence-corrected chi connectivity index (χ2v) is 8.65. The van der Waals surface area contributed by atoms with Gasteiger partial charge < -0.3 is 15.6 Å². The Morgan fingerprint density at radius 1 is 0.943 bits per heavy atom. The molecule has 2 aromatic carbocycles. The van der Waals surface area contributed by atoms with E-state index in [0.29, 0.717) is 28.9 Å². The zero-order chi connectivity index (χ0) is 24.4. The number of nitrogens with one attached hydrogen (secondary N) is 3. The number of carbonyl (C=O) groups is 2. The van der Waals surface area contributed by atoms with Crippen molar-refractivity contribution in [1.82, 2.24) is 15.0 Å². The van der Waals surface area contributed by atoms with E-state index >= 15 is 0 Å². The molecule has 35 heavy (non-hydrogen) atoms. The molecule has 2 heterocycles. The van der Waals surface area contributed by atoms with Gasteiger partial charge in [-0.3, -0.25) is 9.59 Å². The number of imidazole rings is 1. The van der Waals surface area contributed by atoms with Gasteiger partial charge in [0.15, 0.2) is 0 Å². The summed E-state index contributed by atoms with van der Waals surface area (Å²) in [5, 5.41) is 5.50. The monoisotopic (exact) mass is 475 g/mol. The number of aromatic nitrogens is 3. The van der Waals surface area contributed by atoms with Crippen LogP contribution in [0.5, 0.6) is 0 Å². The summed E-state index contributed by atoms with van der Waals surface area (Å²) in [4.78, 5) is 36.9. The van der Waals surface area contributed by atoms with E-state index in [1.165, 1.54) is 6.42 Å². The molecule has 0 bridgehead atoms. The molecule has 7 nitrogen and oxygen atoms in total. The Morgan fingerprint density at radius 2 is 1.71 bits per heavy atom. The van der Waals surface area contributed by atoms with Gasteiger partial charge in [-0.25, -0.2) is 18.7 Å². The van der Waals surface area contributed by atoms with Crippen molar-refractivity contribution in [2.45, 2.75) is 32.1 Å². The maximum atomic E-state index is 13.8. The number of hydrogen-bond donors (Lipinski definition) is 3. The first-order valence-corrected chi connectivity index (χ1v) is 11.5. The molecule has 5 rings (SSSR count). The Kier molecular flexibility index (Phi) is 6.22. The quantitative estimate of drug-likeness (QED) is 0.346. The van der Waals surface area contributed by atoms with E-state index in [4.69, 9.17) is 0 Å². The van der Waals surface area contributed by atoms with Crippen LogP contribution in [0.15, 0.2) is 54.7 Å². The minimum absolute atomic E-state index is 0.00506. The van der Waals surface area contributed by atoms with Gasteiger partial charge in [-0.05, 0) is 49.2 Å². The fourth-order valence-electron chi connectivity index (χ4n) is 4.29. The number of amides is 2. The molecule has 3 N–H and O–H groups in total. The lowest BCUT2D eigenvalue weighted by molar-refractivity contribution is -0.120. The summed E-state index contributed by atoms with van der Waals surface area (Å²) in [6, 6.07) is 11.4. The molecular weight excluding hydrogens is 452 g/mol. The van der Waals surface area contributed by atoms with Gasteiger partial charge in [-0.2, -0.15) is 0 Å². The molecule has 0 spiro atoms. The minimum atomic E-state index is -0.927. The molecule has 1 aliphatic carbocycles. The van der Waals surface area contributed by atoms with Crippen LogP contribution in [0.1, 0.15) is 42.5 Å². The normalized spacial score (nSPS) is 14.1. The third-order valence-corrected chi connectivity index (χ3v) is 6.19. The number of hydrogen-bond acceptors (Lipinski definition) is 4. The number of carbonyl (C=O) groups excluding carboxylic acids is 2. The molecule has 1 aliphatic rings. The van der Waals surface area contributed by atoms with Crippen LogP contribution in [0.4, 0.5) is 20.3 Å². The van der Waals surface area contributed by atoms with Gasteiger partial charge in [0.05, 0.1) is 22.8 Å². The number of halogens is 2. The van der Waals surface area contributed by atoms with Crippen molar-refractivity contribution in [3.05, 3.63) is 71.9 Å². The van der Waals surface area contributed by atoms with Crippen molar-refractivity contribution < 1.29 is 18.4 Å². The second-order valence-electron chi connectivity index (χ2n) is 8.65. The zero-order valence-corrected chi connectivity index (χ0v) is 18.8. The van der Waals surface area contributed by atoms with Crippen LogP contribution in [0.2, 0.25) is 0 Å². The lowest BCUT2D eigenvalue weighted by atomic mass is 9.89. The topological polar surface area (TPSA) is 99.8 Å². The number of pyridine rings is 1. The van der Waals surface area contributed by atoms with Gasteiger partial charge in [0.25, 0.3) is 5.91 Å². The van der Waals surface area contributed by atoms with E-state index in [1.54, 1.807) is 36.5 Å². The largest absolute Gasteiger partial charge is 0.337 e. The molecular formula is C26H23F2N5O2. The average Bonchev–Trinajstić information content (AvgIpc) is 3.28. The molecule has 0 radical (unpaired) electrons. The number of nitrogens with zero attached hydrogens (tertiary/aromatic N) is 2. The maximum absolute atomic E-state index is 13.8. The number of rotatable bonds is 5. The fourth-order valence-corrected chi connectivity index (χ4v) is 4.29. The van der Waals surface area contributed by atoms with Gasteiger partial charge in [0, 0.05) is 29.3 Å². The number of benzene rings is 2. The Balaban J connectivity index is 1.28. The van der Waals surface area contributed by atoms with Crippen molar-refractivity contribution in [1.29, 1.82) is 0 Å². The molecule has 2 aromatic heterocycles. The summed E-state index contributed by atoms with van der Waals surface area (Å²) in [7, 11) is 0. The number of anilines is 2. The van der Waals surface area contributed by atoms with Gasteiger partial charge in [0.1, 0.15) is 23.3 Å². The van der Waals surface area contributed by atoms with E-state index in [-0.39, 0.29) is 17.4 Å².